The molecule has 5 nitrogen and oxygen atoms in total. The van der Waals surface area contributed by atoms with E-state index in [0.717, 1.165) is 6.07 Å². The van der Waals surface area contributed by atoms with Crippen LogP contribution in [0.25, 0.3) is 0 Å². The molecule has 1 aromatic rings. The molecule has 1 rings (SSSR count). The van der Waals surface area contributed by atoms with Gasteiger partial charge in [-0.3, -0.25) is 15.0 Å². The summed E-state index contributed by atoms with van der Waals surface area (Å²) in [5.41, 5.74) is 0.427. The van der Waals surface area contributed by atoms with E-state index in [0.29, 0.717) is 6.07 Å². The lowest BCUT2D eigenvalue weighted by Crippen LogP contribution is -2.39. The molecule has 0 aliphatic rings. The summed E-state index contributed by atoms with van der Waals surface area (Å²) in [5, 5.41) is 1.98. The van der Waals surface area contributed by atoms with E-state index in [9.17, 15) is 22.8 Å². The highest BCUT2D eigenvalue weighted by Gasteiger charge is 2.33. The number of halogens is 4. The summed E-state index contributed by atoms with van der Waals surface area (Å²) in [5.74, 6) is 2.38. The minimum Gasteiger partial charge on any atom is -0.318 e. The smallest absolute Gasteiger partial charge is 0.318 e. The summed E-state index contributed by atoms with van der Waals surface area (Å²) < 4.78 is 37.5. The Morgan fingerprint density at radius 1 is 1.22 bits per heavy atom. The van der Waals surface area contributed by atoms with E-state index in [1.165, 1.54) is 6.07 Å². The Labute approximate surface area is 108 Å². The van der Waals surface area contributed by atoms with Crippen LogP contribution < -0.4 is 16.6 Å². The van der Waals surface area contributed by atoms with Crippen molar-refractivity contribution in [2.45, 2.75) is 6.18 Å². The van der Waals surface area contributed by atoms with E-state index in [-0.39, 0.29) is 10.2 Å². The molecule has 0 radical (unpaired) electrons. The summed E-state index contributed by atoms with van der Waals surface area (Å²) in [6.07, 6.45) is -4.57. The number of hydrazine groups is 1. The minimum absolute atomic E-state index is 0.167. The molecule has 4 N–H and O–H groups in total. The molecular weight excluding hydrogens is 319 g/mol. The number of rotatable bonds is 1. The lowest BCUT2D eigenvalue weighted by atomic mass is 10.2. The number of anilines is 1. The van der Waals surface area contributed by atoms with Crippen LogP contribution in [0, 0.1) is 0 Å². The number of nitrogens with two attached hydrogens (primary N) is 1. The quantitative estimate of drug-likeness (QED) is 0.316. The minimum atomic E-state index is -4.57. The number of carbonyl (C=O) groups excluding carboxylic acids is 2. The monoisotopic (exact) mass is 325 g/mol. The first-order valence-electron chi connectivity index (χ1n) is 4.44. The van der Waals surface area contributed by atoms with Crippen LogP contribution in [0.2, 0.25) is 0 Å². The van der Waals surface area contributed by atoms with Crippen LogP contribution in [0.1, 0.15) is 5.56 Å². The van der Waals surface area contributed by atoms with Crippen LogP contribution in [0.3, 0.4) is 0 Å². The van der Waals surface area contributed by atoms with Gasteiger partial charge in [0.15, 0.2) is 0 Å². The van der Waals surface area contributed by atoms with Crippen molar-refractivity contribution in [2.75, 3.05) is 5.32 Å². The van der Waals surface area contributed by atoms with Crippen molar-refractivity contribution >= 4 is 33.4 Å². The molecule has 0 aliphatic carbocycles. The molecular formula is C9H7BrF3N3O2. The third kappa shape index (κ3) is 3.44. The van der Waals surface area contributed by atoms with E-state index in [1.54, 1.807) is 5.43 Å². The second-order valence-corrected chi connectivity index (χ2v) is 3.97. The Morgan fingerprint density at radius 2 is 1.83 bits per heavy atom. The van der Waals surface area contributed by atoms with E-state index in [4.69, 9.17) is 5.84 Å². The highest BCUT2D eigenvalue weighted by atomic mass is 79.9. The molecule has 1 aromatic carbocycles. The molecule has 98 valence electrons. The summed E-state index contributed by atoms with van der Waals surface area (Å²) in [6.45, 7) is 0. The Balaban J connectivity index is 3.00. The van der Waals surface area contributed by atoms with Crippen LogP contribution in [-0.2, 0) is 15.8 Å². The number of benzene rings is 1. The van der Waals surface area contributed by atoms with Crippen LogP contribution in [-0.4, -0.2) is 11.8 Å². The van der Waals surface area contributed by atoms with Crippen molar-refractivity contribution in [3.8, 4) is 0 Å². The summed E-state index contributed by atoms with van der Waals surface area (Å²) in [7, 11) is 0. The number of hydrogen-bond donors (Lipinski definition) is 3. The maximum atomic E-state index is 12.5. The fourth-order valence-corrected chi connectivity index (χ4v) is 1.55. The summed E-state index contributed by atoms with van der Waals surface area (Å²) >= 11 is 2.74. The van der Waals surface area contributed by atoms with Crippen molar-refractivity contribution in [1.82, 2.24) is 5.43 Å². The van der Waals surface area contributed by atoms with Crippen molar-refractivity contribution in [3.05, 3.63) is 28.2 Å². The van der Waals surface area contributed by atoms with Gasteiger partial charge in [0.2, 0.25) is 0 Å². The highest BCUT2D eigenvalue weighted by molar-refractivity contribution is 9.10. The first kappa shape index (κ1) is 14.5. The molecule has 0 heterocycles. The van der Waals surface area contributed by atoms with Crippen LogP contribution >= 0.6 is 15.9 Å². The van der Waals surface area contributed by atoms with Gasteiger partial charge in [0.1, 0.15) is 0 Å². The molecule has 2 amide bonds. The van der Waals surface area contributed by atoms with Gasteiger partial charge in [-0.05, 0) is 18.2 Å². The number of carbonyl (C=O) groups is 2. The zero-order valence-electron chi connectivity index (χ0n) is 8.64. The average molecular weight is 326 g/mol. The van der Waals surface area contributed by atoms with Crippen LogP contribution in [0.15, 0.2) is 22.7 Å². The Hall–Kier alpha value is -1.61. The highest BCUT2D eigenvalue weighted by Crippen LogP contribution is 2.36. The van der Waals surface area contributed by atoms with Gasteiger partial charge in [-0.15, -0.1) is 0 Å². The second-order valence-electron chi connectivity index (χ2n) is 3.12. The van der Waals surface area contributed by atoms with Gasteiger partial charge < -0.3 is 5.32 Å². The number of nitrogens with one attached hydrogen (secondary N) is 2. The zero-order valence-corrected chi connectivity index (χ0v) is 10.2. The van der Waals surface area contributed by atoms with E-state index in [2.05, 4.69) is 15.9 Å². The van der Waals surface area contributed by atoms with Gasteiger partial charge in [-0.2, -0.15) is 13.2 Å². The molecule has 0 bridgehead atoms. The fraction of sp³-hybridized carbons (Fsp3) is 0.111. The summed E-state index contributed by atoms with van der Waals surface area (Å²) in [4.78, 5) is 21.9. The first-order chi connectivity index (χ1) is 8.25. The van der Waals surface area contributed by atoms with Gasteiger partial charge in [0, 0.05) is 10.2 Å². The van der Waals surface area contributed by atoms with Gasteiger partial charge in [0.05, 0.1) is 5.56 Å². The molecule has 0 fully saturated rings. The molecule has 18 heavy (non-hydrogen) atoms. The van der Waals surface area contributed by atoms with Crippen molar-refractivity contribution in [1.29, 1.82) is 0 Å². The molecule has 0 saturated carbocycles. The van der Waals surface area contributed by atoms with Gasteiger partial charge in [-0.1, -0.05) is 15.9 Å². The predicted octanol–water partition coefficient (Wildman–Crippen LogP) is 1.40. The first-order valence-corrected chi connectivity index (χ1v) is 5.23. The van der Waals surface area contributed by atoms with Crippen molar-refractivity contribution in [2.24, 2.45) is 5.84 Å². The largest absolute Gasteiger partial charge is 0.417 e. The standard InChI is InChI=1S/C9H7BrF3N3O2/c10-6-2-1-4(3-5(6)9(11,12)13)15-7(17)8(18)16-14/h1-3H,14H2,(H,15,17)(H,16,18). The van der Waals surface area contributed by atoms with Crippen LogP contribution in [0.4, 0.5) is 18.9 Å². The van der Waals surface area contributed by atoms with E-state index >= 15 is 0 Å². The fourth-order valence-electron chi connectivity index (χ4n) is 1.07. The van der Waals surface area contributed by atoms with E-state index < -0.39 is 23.6 Å². The number of amides is 2. The van der Waals surface area contributed by atoms with Crippen molar-refractivity contribution in [3.63, 3.8) is 0 Å². The third-order valence-corrected chi connectivity index (χ3v) is 2.56. The Morgan fingerprint density at radius 3 is 2.33 bits per heavy atom. The molecule has 0 saturated heterocycles. The molecule has 0 aliphatic heterocycles. The topological polar surface area (TPSA) is 84.2 Å². The van der Waals surface area contributed by atoms with Gasteiger partial charge in [0.25, 0.3) is 0 Å². The Bertz CT molecular complexity index is 490. The lowest BCUT2D eigenvalue weighted by molar-refractivity contribution is -0.138. The molecule has 0 unspecified atom stereocenters. The van der Waals surface area contributed by atoms with Crippen LogP contribution in [0.5, 0.6) is 0 Å². The Kier molecular flexibility index (Phi) is 4.30. The van der Waals surface area contributed by atoms with E-state index in [1.807, 2.05) is 5.32 Å². The third-order valence-electron chi connectivity index (χ3n) is 1.87. The van der Waals surface area contributed by atoms with Gasteiger partial charge >= 0.3 is 18.0 Å². The summed E-state index contributed by atoms with van der Waals surface area (Å²) in [6, 6.07) is 3.02. The normalized spacial score (nSPS) is 10.9. The maximum Gasteiger partial charge on any atom is 0.417 e. The zero-order chi connectivity index (χ0) is 13.9. The average Bonchev–Trinajstić information content (AvgIpc) is 2.29. The number of hydrogen-bond acceptors (Lipinski definition) is 3. The van der Waals surface area contributed by atoms with Crippen molar-refractivity contribution < 1.29 is 22.8 Å². The second kappa shape index (κ2) is 5.36. The maximum absolute atomic E-state index is 12.5. The molecule has 0 aromatic heterocycles. The molecule has 0 spiro atoms. The molecule has 9 heteroatoms. The molecule has 0 atom stereocenters. The SMILES string of the molecule is NNC(=O)C(=O)Nc1ccc(Br)c(C(F)(F)F)c1. The predicted molar refractivity (Wildman–Crippen MR) is 60.1 cm³/mol. The van der Waals surface area contributed by atoms with Gasteiger partial charge in [-0.25, -0.2) is 5.84 Å². The lowest BCUT2D eigenvalue weighted by Gasteiger charge is -2.11. The number of alkyl halides is 3.